The highest BCUT2D eigenvalue weighted by Gasteiger charge is 2.08. The summed E-state index contributed by atoms with van der Waals surface area (Å²) in [6.45, 7) is 5.93. The molecule has 4 nitrogen and oxygen atoms in total. The van der Waals surface area contributed by atoms with E-state index < -0.39 is 0 Å². The number of nitrogens with two attached hydrogens (primary N) is 1. The van der Waals surface area contributed by atoms with Crippen LogP contribution in [0.15, 0.2) is 24.3 Å². The fraction of sp³-hybridized carbons (Fsp3) is 0.462. The molecule has 4 heteroatoms. The van der Waals surface area contributed by atoms with Gasteiger partial charge in [0.1, 0.15) is 6.61 Å². The average molecular weight is 236 g/mol. The maximum Gasteiger partial charge on any atom is 0.248 e. The summed E-state index contributed by atoms with van der Waals surface area (Å²) in [7, 11) is 0. The van der Waals surface area contributed by atoms with E-state index >= 15 is 0 Å². The van der Waals surface area contributed by atoms with Crippen LogP contribution in [0.3, 0.4) is 0 Å². The molecule has 1 aromatic carbocycles. The summed E-state index contributed by atoms with van der Waals surface area (Å²) in [5.74, 6) is 0.0328. The average Bonchev–Trinajstić information content (AvgIpc) is 2.33. The predicted molar refractivity (Wildman–Crippen MR) is 68.4 cm³/mol. The molecule has 0 aliphatic carbocycles. The number of hydrogen-bond acceptors (Lipinski definition) is 3. The number of likely N-dealkylation sites (N-methyl/N-ethyl adjacent to an activating group) is 1. The van der Waals surface area contributed by atoms with Gasteiger partial charge in [-0.05, 0) is 31.5 Å². The van der Waals surface area contributed by atoms with Crippen molar-refractivity contribution in [1.29, 1.82) is 0 Å². The third kappa shape index (κ3) is 4.44. The highest BCUT2D eigenvalue weighted by atomic mass is 16.5. The number of rotatable bonds is 6. The van der Waals surface area contributed by atoms with Crippen molar-refractivity contribution in [3.05, 3.63) is 29.8 Å². The molecule has 0 spiro atoms. The van der Waals surface area contributed by atoms with Gasteiger partial charge in [-0.3, -0.25) is 4.79 Å². The van der Waals surface area contributed by atoms with Gasteiger partial charge in [0.2, 0.25) is 5.91 Å². The highest BCUT2D eigenvalue weighted by Crippen LogP contribution is 2.06. The Morgan fingerprint density at radius 1 is 1.24 bits per heavy atom. The number of ether oxygens (including phenoxy) is 1. The van der Waals surface area contributed by atoms with Crippen molar-refractivity contribution < 1.29 is 9.53 Å². The van der Waals surface area contributed by atoms with Crippen LogP contribution in [0.1, 0.15) is 19.4 Å². The lowest BCUT2D eigenvalue weighted by atomic mass is 10.2. The second kappa shape index (κ2) is 6.91. The van der Waals surface area contributed by atoms with Crippen molar-refractivity contribution in [1.82, 2.24) is 4.90 Å². The van der Waals surface area contributed by atoms with E-state index in [1.165, 1.54) is 0 Å². The number of benzene rings is 1. The fourth-order valence-corrected chi connectivity index (χ4v) is 1.54. The molecule has 94 valence electrons. The van der Waals surface area contributed by atoms with Crippen LogP contribution >= 0.6 is 0 Å². The summed E-state index contributed by atoms with van der Waals surface area (Å²) in [4.78, 5) is 13.4. The van der Waals surface area contributed by atoms with Gasteiger partial charge in [0.05, 0.1) is 6.61 Å². The fourth-order valence-electron chi connectivity index (χ4n) is 1.54. The van der Waals surface area contributed by atoms with Crippen LogP contribution in [0.25, 0.3) is 0 Å². The molecule has 0 fully saturated rings. The predicted octanol–water partition coefficient (Wildman–Crippen LogP) is 1.65. The van der Waals surface area contributed by atoms with E-state index in [2.05, 4.69) is 0 Å². The van der Waals surface area contributed by atoms with Gasteiger partial charge in [0.25, 0.3) is 0 Å². The van der Waals surface area contributed by atoms with E-state index in [1.807, 2.05) is 38.1 Å². The van der Waals surface area contributed by atoms with Crippen LogP contribution in [-0.4, -0.2) is 30.5 Å². The lowest BCUT2D eigenvalue weighted by molar-refractivity contribution is -0.136. The first-order chi connectivity index (χ1) is 8.17. The second-order valence-electron chi connectivity index (χ2n) is 3.80. The van der Waals surface area contributed by atoms with E-state index in [0.29, 0.717) is 6.61 Å². The van der Waals surface area contributed by atoms with Gasteiger partial charge in [-0.15, -0.1) is 0 Å². The van der Waals surface area contributed by atoms with Gasteiger partial charge in [-0.25, -0.2) is 0 Å². The minimum Gasteiger partial charge on any atom is -0.399 e. The lowest BCUT2D eigenvalue weighted by Gasteiger charge is -2.18. The first kappa shape index (κ1) is 13.5. The molecule has 0 atom stereocenters. The Kier molecular flexibility index (Phi) is 5.49. The molecule has 1 aromatic rings. The third-order valence-electron chi connectivity index (χ3n) is 2.59. The Bertz CT molecular complexity index is 345. The SMILES string of the molecule is CCN(CC)C(=O)COCc1ccc(N)cc1. The standard InChI is InChI=1S/C13H20N2O2/c1-3-15(4-2)13(16)10-17-9-11-5-7-12(14)8-6-11/h5-8H,3-4,9-10,14H2,1-2H3. The Morgan fingerprint density at radius 2 is 1.82 bits per heavy atom. The normalized spacial score (nSPS) is 10.2. The summed E-state index contributed by atoms with van der Waals surface area (Å²) in [5.41, 5.74) is 7.33. The number of anilines is 1. The quantitative estimate of drug-likeness (QED) is 0.764. The Balaban J connectivity index is 2.32. The summed E-state index contributed by atoms with van der Waals surface area (Å²) < 4.78 is 5.37. The lowest BCUT2D eigenvalue weighted by Crippen LogP contribution is -2.33. The van der Waals surface area contributed by atoms with Gasteiger partial charge in [0.15, 0.2) is 0 Å². The smallest absolute Gasteiger partial charge is 0.248 e. The van der Waals surface area contributed by atoms with E-state index in [-0.39, 0.29) is 12.5 Å². The van der Waals surface area contributed by atoms with Crippen molar-refractivity contribution in [2.45, 2.75) is 20.5 Å². The molecule has 0 saturated carbocycles. The Hall–Kier alpha value is -1.55. The van der Waals surface area contributed by atoms with Gasteiger partial charge in [-0.1, -0.05) is 12.1 Å². The van der Waals surface area contributed by atoms with Crippen LogP contribution in [0, 0.1) is 0 Å². The Morgan fingerprint density at radius 3 is 2.35 bits per heavy atom. The molecular weight excluding hydrogens is 216 g/mol. The van der Waals surface area contributed by atoms with E-state index in [4.69, 9.17) is 10.5 Å². The number of nitrogen functional groups attached to an aromatic ring is 1. The van der Waals surface area contributed by atoms with Gasteiger partial charge < -0.3 is 15.4 Å². The zero-order valence-electron chi connectivity index (χ0n) is 10.5. The maximum atomic E-state index is 11.6. The van der Waals surface area contributed by atoms with Gasteiger partial charge >= 0.3 is 0 Å². The molecule has 0 bridgehead atoms. The van der Waals surface area contributed by atoms with E-state index in [9.17, 15) is 4.79 Å². The van der Waals surface area contributed by atoms with E-state index in [0.717, 1.165) is 24.3 Å². The number of hydrogen-bond donors (Lipinski definition) is 1. The molecule has 1 rings (SSSR count). The molecule has 0 aromatic heterocycles. The zero-order valence-corrected chi connectivity index (χ0v) is 10.5. The van der Waals surface area contributed by atoms with Crippen LogP contribution in [0.4, 0.5) is 5.69 Å². The van der Waals surface area contributed by atoms with Gasteiger partial charge in [-0.2, -0.15) is 0 Å². The molecule has 0 aliphatic rings. The summed E-state index contributed by atoms with van der Waals surface area (Å²) in [6.07, 6.45) is 0. The second-order valence-corrected chi connectivity index (χ2v) is 3.80. The number of carbonyl (C=O) groups is 1. The topological polar surface area (TPSA) is 55.6 Å². The highest BCUT2D eigenvalue weighted by molar-refractivity contribution is 5.77. The molecular formula is C13H20N2O2. The third-order valence-corrected chi connectivity index (χ3v) is 2.59. The van der Waals surface area contributed by atoms with E-state index in [1.54, 1.807) is 4.90 Å². The molecule has 0 heterocycles. The van der Waals surface area contributed by atoms with Crippen molar-refractivity contribution in [3.8, 4) is 0 Å². The molecule has 0 aliphatic heterocycles. The van der Waals surface area contributed by atoms with Crippen LogP contribution < -0.4 is 5.73 Å². The summed E-state index contributed by atoms with van der Waals surface area (Å²) in [6, 6.07) is 7.45. The molecule has 2 N–H and O–H groups in total. The van der Waals surface area contributed by atoms with Crippen molar-refractivity contribution in [3.63, 3.8) is 0 Å². The van der Waals surface area contributed by atoms with Crippen LogP contribution in [-0.2, 0) is 16.1 Å². The summed E-state index contributed by atoms with van der Waals surface area (Å²) in [5, 5.41) is 0. The Labute approximate surface area is 102 Å². The molecule has 0 radical (unpaired) electrons. The largest absolute Gasteiger partial charge is 0.399 e. The first-order valence-electron chi connectivity index (χ1n) is 5.87. The van der Waals surface area contributed by atoms with Crippen LogP contribution in [0.2, 0.25) is 0 Å². The first-order valence-corrected chi connectivity index (χ1v) is 5.87. The molecule has 0 unspecified atom stereocenters. The number of carbonyl (C=O) groups excluding carboxylic acids is 1. The monoisotopic (exact) mass is 236 g/mol. The molecule has 1 amide bonds. The molecule has 0 saturated heterocycles. The van der Waals surface area contributed by atoms with Gasteiger partial charge in [0, 0.05) is 18.8 Å². The molecule has 17 heavy (non-hydrogen) atoms. The minimum absolute atomic E-state index is 0.0328. The number of amides is 1. The minimum atomic E-state index is 0.0328. The van der Waals surface area contributed by atoms with Crippen molar-refractivity contribution >= 4 is 11.6 Å². The number of nitrogens with zero attached hydrogens (tertiary/aromatic N) is 1. The zero-order chi connectivity index (χ0) is 12.7. The van der Waals surface area contributed by atoms with Crippen molar-refractivity contribution in [2.75, 3.05) is 25.4 Å². The summed E-state index contributed by atoms with van der Waals surface area (Å²) >= 11 is 0. The maximum absolute atomic E-state index is 11.6. The van der Waals surface area contributed by atoms with Crippen molar-refractivity contribution in [2.24, 2.45) is 0 Å². The van der Waals surface area contributed by atoms with Crippen LogP contribution in [0.5, 0.6) is 0 Å².